The molecule has 0 radical (unpaired) electrons. The zero-order valence-electron chi connectivity index (χ0n) is 15.7. The second-order valence-corrected chi connectivity index (χ2v) is 8.86. The van der Waals surface area contributed by atoms with Crippen molar-refractivity contribution in [3.8, 4) is 0 Å². The van der Waals surface area contributed by atoms with Gasteiger partial charge in [-0.15, -0.1) is 11.3 Å². The predicted molar refractivity (Wildman–Crippen MR) is 114 cm³/mol. The van der Waals surface area contributed by atoms with Crippen molar-refractivity contribution in [2.24, 2.45) is 5.92 Å². The van der Waals surface area contributed by atoms with E-state index in [9.17, 15) is 4.79 Å². The molecule has 0 saturated carbocycles. The number of nitrogens with zero attached hydrogens (tertiary/aromatic N) is 1. The number of piperidine rings is 3. The second kappa shape index (κ2) is 7.57. The number of rotatable bonds is 5. The van der Waals surface area contributed by atoms with Gasteiger partial charge in [-0.3, -0.25) is 4.90 Å². The van der Waals surface area contributed by atoms with Gasteiger partial charge in [0.15, 0.2) is 6.04 Å². The molecule has 4 nitrogen and oxygen atoms in total. The summed E-state index contributed by atoms with van der Waals surface area (Å²) in [6.07, 6.45) is 2.29. The fourth-order valence-electron chi connectivity index (χ4n) is 4.35. The Morgan fingerprint density at radius 3 is 2.54 bits per heavy atom. The molecule has 1 unspecified atom stereocenters. The molecule has 3 aromatic rings. The fraction of sp³-hybridized carbons (Fsp3) is 0.348. The molecule has 3 fully saturated rings. The molecule has 6 rings (SSSR count). The van der Waals surface area contributed by atoms with Crippen LogP contribution < -0.4 is 5.32 Å². The maximum atomic E-state index is 13.3. The third kappa shape index (κ3) is 3.52. The summed E-state index contributed by atoms with van der Waals surface area (Å²) in [4.78, 5) is 16.7. The fourth-order valence-corrected chi connectivity index (χ4v) is 5.46. The van der Waals surface area contributed by atoms with Crippen LogP contribution in [0.1, 0.15) is 23.8 Å². The van der Waals surface area contributed by atoms with Crippen molar-refractivity contribution < 1.29 is 9.53 Å². The third-order valence-corrected chi connectivity index (χ3v) is 7.09. The summed E-state index contributed by atoms with van der Waals surface area (Å²) in [5.74, 6) is 0.336. The maximum absolute atomic E-state index is 13.3. The molecule has 0 spiro atoms. The molecular weight excluding hydrogens is 368 g/mol. The lowest BCUT2D eigenvalue weighted by molar-refractivity contribution is -0.159. The highest BCUT2D eigenvalue weighted by Gasteiger charge is 2.38. The quantitative estimate of drug-likeness (QED) is 0.640. The van der Waals surface area contributed by atoms with Gasteiger partial charge in [0.2, 0.25) is 0 Å². The van der Waals surface area contributed by atoms with Crippen LogP contribution in [0, 0.1) is 5.92 Å². The van der Waals surface area contributed by atoms with E-state index in [0.29, 0.717) is 5.92 Å². The number of fused-ring (bicyclic) bond motifs is 4. The van der Waals surface area contributed by atoms with Crippen LogP contribution in [-0.4, -0.2) is 36.6 Å². The number of hydrogen-bond acceptors (Lipinski definition) is 5. The largest absolute Gasteiger partial charge is 0.459 e. The Bertz CT molecular complexity index is 930. The first-order valence-electron chi connectivity index (χ1n) is 9.99. The van der Waals surface area contributed by atoms with E-state index < -0.39 is 6.04 Å². The van der Waals surface area contributed by atoms with Crippen LogP contribution in [-0.2, 0) is 9.53 Å². The lowest BCUT2D eigenvalue weighted by Gasteiger charge is -2.44. The van der Waals surface area contributed by atoms with Gasteiger partial charge in [0.05, 0.1) is 0 Å². The summed E-state index contributed by atoms with van der Waals surface area (Å²) in [6, 6.07) is 19.8. The Morgan fingerprint density at radius 1 is 1.07 bits per heavy atom. The Labute approximate surface area is 169 Å². The van der Waals surface area contributed by atoms with Crippen LogP contribution in [0.25, 0.3) is 10.1 Å². The van der Waals surface area contributed by atoms with Crippen LogP contribution in [0.5, 0.6) is 0 Å². The van der Waals surface area contributed by atoms with E-state index in [1.807, 2.05) is 42.5 Å². The molecule has 5 heteroatoms. The van der Waals surface area contributed by atoms with Crippen LogP contribution in [0.2, 0.25) is 0 Å². The zero-order valence-corrected chi connectivity index (χ0v) is 16.5. The number of hydrogen-bond donors (Lipinski definition) is 1. The smallest absolute Gasteiger partial charge is 0.334 e. The normalized spacial score (nSPS) is 24.8. The van der Waals surface area contributed by atoms with Crippen LogP contribution in [0.3, 0.4) is 0 Å². The number of nitrogens with one attached hydrogen (secondary N) is 1. The minimum atomic E-state index is -0.491. The zero-order chi connectivity index (χ0) is 18.9. The summed E-state index contributed by atoms with van der Waals surface area (Å²) in [7, 11) is 0. The van der Waals surface area contributed by atoms with Crippen molar-refractivity contribution in [1.29, 1.82) is 0 Å². The van der Waals surface area contributed by atoms with Gasteiger partial charge in [0, 0.05) is 21.8 Å². The standard InChI is InChI=1S/C23H24N2O2S/c26-23(27-19-15-25-12-10-16(19)11-13-25)22(24-18-7-2-1-3-8-18)21-14-17-6-4-5-9-20(17)28-21/h1-9,14,16,19,22,24H,10-13,15H2/t19-,22?/m0/s1. The van der Waals surface area contributed by atoms with E-state index in [2.05, 4.69) is 28.4 Å². The highest BCUT2D eigenvalue weighted by Crippen LogP contribution is 2.35. The van der Waals surface area contributed by atoms with E-state index in [4.69, 9.17) is 4.74 Å². The topological polar surface area (TPSA) is 41.6 Å². The van der Waals surface area contributed by atoms with E-state index in [1.165, 1.54) is 4.70 Å². The number of benzene rings is 2. The molecule has 0 aliphatic carbocycles. The monoisotopic (exact) mass is 392 g/mol. The summed E-state index contributed by atoms with van der Waals surface area (Å²) in [5, 5.41) is 4.58. The van der Waals surface area contributed by atoms with E-state index in [-0.39, 0.29) is 12.1 Å². The van der Waals surface area contributed by atoms with Gasteiger partial charge >= 0.3 is 5.97 Å². The molecule has 2 atom stereocenters. The number of para-hydroxylation sites is 1. The van der Waals surface area contributed by atoms with Crippen LogP contribution >= 0.6 is 11.3 Å². The Kier molecular flexibility index (Phi) is 4.79. The third-order valence-electron chi connectivity index (χ3n) is 5.91. The molecule has 2 aromatic carbocycles. The van der Waals surface area contributed by atoms with Gasteiger partial charge in [-0.2, -0.15) is 0 Å². The van der Waals surface area contributed by atoms with E-state index in [1.54, 1.807) is 11.3 Å². The van der Waals surface area contributed by atoms with Crippen molar-refractivity contribution in [1.82, 2.24) is 4.90 Å². The number of carbonyl (C=O) groups excluding carboxylic acids is 1. The lowest BCUT2D eigenvalue weighted by atomic mass is 9.86. The molecule has 4 heterocycles. The van der Waals surface area contributed by atoms with E-state index in [0.717, 1.165) is 48.4 Å². The van der Waals surface area contributed by atoms with Gasteiger partial charge in [0.1, 0.15) is 6.10 Å². The number of thiophene rings is 1. The molecule has 3 aliphatic rings. The first-order valence-corrected chi connectivity index (χ1v) is 10.8. The number of anilines is 1. The molecule has 3 aliphatic heterocycles. The molecular formula is C23H24N2O2S. The van der Waals surface area contributed by atoms with Crippen molar-refractivity contribution in [3.63, 3.8) is 0 Å². The van der Waals surface area contributed by atoms with Crippen LogP contribution in [0.15, 0.2) is 60.7 Å². The number of ether oxygens (including phenoxy) is 1. The van der Waals surface area contributed by atoms with Crippen molar-refractivity contribution in [2.45, 2.75) is 25.0 Å². The Balaban J connectivity index is 1.42. The maximum Gasteiger partial charge on any atom is 0.334 e. The average Bonchev–Trinajstić information content (AvgIpc) is 3.17. The molecule has 3 saturated heterocycles. The summed E-state index contributed by atoms with van der Waals surface area (Å²) < 4.78 is 7.26. The minimum absolute atomic E-state index is 0.0180. The minimum Gasteiger partial charge on any atom is -0.459 e. The first-order chi connectivity index (χ1) is 13.8. The highest BCUT2D eigenvalue weighted by atomic mass is 32.1. The molecule has 2 bridgehead atoms. The molecule has 0 amide bonds. The van der Waals surface area contributed by atoms with Gasteiger partial charge < -0.3 is 10.1 Å². The van der Waals surface area contributed by atoms with Gasteiger partial charge in [0.25, 0.3) is 0 Å². The van der Waals surface area contributed by atoms with Gasteiger partial charge in [-0.05, 0) is 61.5 Å². The Hall–Kier alpha value is -2.37. The van der Waals surface area contributed by atoms with Crippen LogP contribution in [0.4, 0.5) is 5.69 Å². The van der Waals surface area contributed by atoms with Crippen molar-refractivity contribution in [2.75, 3.05) is 25.0 Å². The SMILES string of the molecule is O=C(O[C@H]1CN2CCC1CC2)C(Nc1ccccc1)c1cc2ccccc2s1. The lowest BCUT2D eigenvalue weighted by Crippen LogP contribution is -2.52. The molecule has 1 N–H and O–H groups in total. The van der Waals surface area contributed by atoms with Crippen molar-refractivity contribution in [3.05, 3.63) is 65.5 Å². The number of carbonyl (C=O) groups is 1. The summed E-state index contributed by atoms with van der Waals surface area (Å²) in [6.45, 7) is 3.16. The average molecular weight is 393 g/mol. The summed E-state index contributed by atoms with van der Waals surface area (Å²) >= 11 is 1.66. The molecule has 144 valence electrons. The first kappa shape index (κ1) is 17.7. The van der Waals surface area contributed by atoms with Crippen molar-refractivity contribution >= 4 is 33.1 Å². The van der Waals surface area contributed by atoms with Gasteiger partial charge in [-0.1, -0.05) is 36.4 Å². The Morgan fingerprint density at radius 2 is 1.82 bits per heavy atom. The second-order valence-electron chi connectivity index (χ2n) is 7.74. The van der Waals surface area contributed by atoms with Gasteiger partial charge in [-0.25, -0.2) is 4.79 Å². The predicted octanol–water partition coefficient (Wildman–Crippen LogP) is 4.69. The molecule has 28 heavy (non-hydrogen) atoms. The summed E-state index contributed by atoms with van der Waals surface area (Å²) in [5.41, 5.74) is 0.927. The molecule has 1 aromatic heterocycles. The van der Waals surface area contributed by atoms with E-state index >= 15 is 0 Å². The highest BCUT2D eigenvalue weighted by molar-refractivity contribution is 7.19. The number of esters is 1.